The maximum absolute atomic E-state index is 10.8. The van der Waals surface area contributed by atoms with Crippen molar-refractivity contribution in [1.82, 2.24) is 5.32 Å². The third-order valence-electron chi connectivity index (χ3n) is 4.85. The van der Waals surface area contributed by atoms with Crippen molar-refractivity contribution in [2.45, 2.75) is 83.5 Å². The Morgan fingerprint density at radius 2 is 1.61 bits per heavy atom. The van der Waals surface area contributed by atoms with E-state index in [4.69, 9.17) is 4.74 Å². The summed E-state index contributed by atoms with van der Waals surface area (Å²) in [5.41, 5.74) is 0. The van der Waals surface area contributed by atoms with Crippen molar-refractivity contribution in [3.63, 3.8) is 0 Å². The van der Waals surface area contributed by atoms with E-state index >= 15 is 0 Å². The molecule has 0 spiro atoms. The number of unbranched alkanes of at least 4 members (excludes halogenated alkanes) is 5. The first-order chi connectivity index (χ1) is 11.3. The van der Waals surface area contributed by atoms with Gasteiger partial charge in [0.05, 0.1) is 6.61 Å². The van der Waals surface area contributed by atoms with Gasteiger partial charge in [-0.05, 0) is 31.8 Å². The van der Waals surface area contributed by atoms with Crippen LogP contribution in [-0.4, -0.2) is 25.7 Å². The zero-order valence-electron chi connectivity index (χ0n) is 15.0. The van der Waals surface area contributed by atoms with Gasteiger partial charge in [0.2, 0.25) is 0 Å². The van der Waals surface area contributed by atoms with Gasteiger partial charge in [0.1, 0.15) is 0 Å². The summed E-state index contributed by atoms with van der Waals surface area (Å²) in [5, 5.41) is 3.41. The first-order valence-electron chi connectivity index (χ1n) is 9.83. The summed E-state index contributed by atoms with van der Waals surface area (Å²) in [6.45, 7) is 5.86. The normalized spacial score (nSPS) is 15.5. The lowest BCUT2D eigenvalue weighted by atomic mass is 9.85. The molecule has 3 heteroatoms. The summed E-state index contributed by atoms with van der Waals surface area (Å²) in [6.07, 6.45) is 19.3. The first kappa shape index (κ1) is 20.2. The Morgan fingerprint density at radius 1 is 0.957 bits per heavy atom. The average Bonchev–Trinajstić information content (AvgIpc) is 2.59. The van der Waals surface area contributed by atoms with Crippen LogP contribution < -0.4 is 5.32 Å². The second-order valence-corrected chi connectivity index (χ2v) is 6.89. The molecule has 0 amide bonds. The van der Waals surface area contributed by atoms with E-state index in [0.717, 1.165) is 25.4 Å². The van der Waals surface area contributed by atoms with Crippen molar-refractivity contribution >= 4 is 5.97 Å². The van der Waals surface area contributed by atoms with Crippen LogP contribution in [0.2, 0.25) is 0 Å². The summed E-state index contributed by atoms with van der Waals surface area (Å²) in [5.74, 6) is 0.729. The molecule has 0 saturated heterocycles. The topological polar surface area (TPSA) is 38.3 Å². The van der Waals surface area contributed by atoms with Crippen molar-refractivity contribution < 1.29 is 9.53 Å². The fraction of sp³-hybridized carbons (Fsp3) is 0.850. The van der Waals surface area contributed by atoms with E-state index < -0.39 is 0 Å². The molecule has 0 aliphatic heterocycles. The van der Waals surface area contributed by atoms with Gasteiger partial charge < -0.3 is 10.1 Å². The predicted molar refractivity (Wildman–Crippen MR) is 97.5 cm³/mol. The lowest BCUT2D eigenvalue weighted by Gasteiger charge is -2.21. The molecule has 0 bridgehead atoms. The fourth-order valence-corrected chi connectivity index (χ4v) is 3.42. The van der Waals surface area contributed by atoms with Crippen LogP contribution in [0, 0.1) is 5.92 Å². The van der Waals surface area contributed by atoms with Crippen molar-refractivity contribution in [2.24, 2.45) is 5.92 Å². The number of ether oxygens (including phenoxy) is 1. The molecule has 1 fully saturated rings. The second-order valence-electron chi connectivity index (χ2n) is 6.89. The van der Waals surface area contributed by atoms with Gasteiger partial charge in [0.25, 0.3) is 0 Å². The third kappa shape index (κ3) is 12.3. The van der Waals surface area contributed by atoms with Gasteiger partial charge >= 0.3 is 5.97 Å². The summed E-state index contributed by atoms with van der Waals surface area (Å²) in [7, 11) is 0. The largest absolute Gasteiger partial charge is 0.462 e. The Kier molecular flexibility index (Phi) is 13.0. The predicted octanol–water partition coefficient (Wildman–Crippen LogP) is 5.01. The van der Waals surface area contributed by atoms with Crippen molar-refractivity contribution in [3.05, 3.63) is 12.7 Å². The minimum atomic E-state index is -0.325. The molecule has 1 rings (SSSR count). The van der Waals surface area contributed by atoms with E-state index in [0.29, 0.717) is 6.61 Å². The molecule has 1 aliphatic rings. The molecule has 0 radical (unpaired) electrons. The number of hydrogen-bond acceptors (Lipinski definition) is 3. The molecule has 1 saturated carbocycles. The van der Waals surface area contributed by atoms with E-state index in [1.54, 1.807) is 0 Å². The van der Waals surface area contributed by atoms with Crippen LogP contribution in [0.3, 0.4) is 0 Å². The third-order valence-corrected chi connectivity index (χ3v) is 4.85. The fourth-order valence-electron chi connectivity index (χ4n) is 3.42. The lowest BCUT2D eigenvalue weighted by Crippen LogP contribution is -2.18. The maximum atomic E-state index is 10.8. The standard InChI is InChI=1S/C20H37NO2/c1-2-20(22)23-18-12-17-21-16-11-6-4-3-5-8-13-19-14-9-7-10-15-19/h2,19,21H,1,3-18H2. The van der Waals surface area contributed by atoms with E-state index in [-0.39, 0.29) is 5.97 Å². The zero-order chi connectivity index (χ0) is 16.6. The number of rotatable bonds is 14. The molecular formula is C20H37NO2. The molecule has 0 aromatic rings. The molecule has 134 valence electrons. The number of esters is 1. The van der Waals surface area contributed by atoms with E-state index in [2.05, 4.69) is 11.9 Å². The summed E-state index contributed by atoms with van der Waals surface area (Å²) in [6, 6.07) is 0. The first-order valence-corrected chi connectivity index (χ1v) is 9.83. The Labute approximate surface area is 143 Å². The van der Waals surface area contributed by atoms with Gasteiger partial charge in [0.15, 0.2) is 0 Å². The van der Waals surface area contributed by atoms with Crippen molar-refractivity contribution in [2.75, 3.05) is 19.7 Å². The second kappa shape index (κ2) is 14.7. The average molecular weight is 324 g/mol. The summed E-state index contributed by atoms with van der Waals surface area (Å²) in [4.78, 5) is 10.8. The van der Waals surface area contributed by atoms with E-state index in [9.17, 15) is 4.79 Å². The van der Waals surface area contributed by atoms with E-state index in [1.165, 1.54) is 83.1 Å². The number of carbonyl (C=O) groups excluding carboxylic acids is 1. The van der Waals surface area contributed by atoms with Crippen LogP contribution in [0.5, 0.6) is 0 Å². The smallest absolute Gasteiger partial charge is 0.330 e. The van der Waals surface area contributed by atoms with E-state index in [1.807, 2.05) is 0 Å². The van der Waals surface area contributed by atoms with Crippen LogP contribution in [0.25, 0.3) is 0 Å². The SMILES string of the molecule is C=CC(=O)OCCCNCCCCCCCCC1CCCCC1. The highest BCUT2D eigenvalue weighted by Gasteiger charge is 2.12. The lowest BCUT2D eigenvalue weighted by molar-refractivity contribution is -0.137. The molecule has 3 nitrogen and oxygen atoms in total. The number of hydrogen-bond donors (Lipinski definition) is 1. The maximum Gasteiger partial charge on any atom is 0.330 e. The Balaban J connectivity index is 1.71. The number of nitrogens with one attached hydrogen (secondary N) is 1. The minimum Gasteiger partial charge on any atom is -0.462 e. The highest BCUT2D eigenvalue weighted by atomic mass is 16.5. The van der Waals surface area contributed by atoms with Crippen LogP contribution in [0.15, 0.2) is 12.7 Å². The molecule has 0 unspecified atom stereocenters. The number of carbonyl (C=O) groups is 1. The van der Waals surface area contributed by atoms with Gasteiger partial charge in [-0.3, -0.25) is 0 Å². The Bertz CT molecular complexity index is 298. The molecular weight excluding hydrogens is 286 g/mol. The summed E-state index contributed by atoms with van der Waals surface area (Å²) >= 11 is 0. The Morgan fingerprint density at radius 3 is 2.35 bits per heavy atom. The van der Waals surface area contributed by atoms with Gasteiger partial charge in [0, 0.05) is 6.08 Å². The summed E-state index contributed by atoms with van der Waals surface area (Å²) < 4.78 is 4.92. The van der Waals surface area contributed by atoms with Crippen LogP contribution in [-0.2, 0) is 9.53 Å². The Hall–Kier alpha value is -0.830. The van der Waals surface area contributed by atoms with Crippen LogP contribution >= 0.6 is 0 Å². The zero-order valence-corrected chi connectivity index (χ0v) is 15.0. The van der Waals surface area contributed by atoms with Crippen LogP contribution in [0.1, 0.15) is 83.5 Å². The quantitative estimate of drug-likeness (QED) is 0.277. The van der Waals surface area contributed by atoms with Gasteiger partial charge in [-0.2, -0.15) is 0 Å². The molecule has 1 aliphatic carbocycles. The van der Waals surface area contributed by atoms with Crippen molar-refractivity contribution in [3.8, 4) is 0 Å². The molecule has 0 heterocycles. The minimum absolute atomic E-state index is 0.325. The molecule has 0 aromatic carbocycles. The van der Waals surface area contributed by atoms with Gasteiger partial charge in [-0.25, -0.2) is 4.79 Å². The van der Waals surface area contributed by atoms with Gasteiger partial charge in [-0.15, -0.1) is 0 Å². The molecule has 1 N–H and O–H groups in total. The van der Waals surface area contributed by atoms with Gasteiger partial charge in [-0.1, -0.05) is 77.2 Å². The van der Waals surface area contributed by atoms with Crippen molar-refractivity contribution in [1.29, 1.82) is 0 Å². The molecule has 0 atom stereocenters. The monoisotopic (exact) mass is 323 g/mol. The van der Waals surface area contributed by atoms with Crippen LogP contribution in [0.4, 0.5) is 0 Å². The highest BCUT2D eigenvalue weighted by Crippen LogP contribution is 2.28. The molecule has 23 heavy (non-hydrogen) atoms. The highest BCUT2D eigenvalue weighted by molar-refractivity contribution is 5.81. The molecule has 0 aromatic heterocycles.